The predicted molar refractivity (Wildman–Crippen MR) is 119 cm³/mol. The minimum Gasteiger partial charge on any atom is -0.497 e. The Balaban J connectivity index is 1.73. The van der Waals surface area contributed by atoms with Gasteiger partial charge >= 0.3 is 0 Å². The lowest BCUT2D eigenvalue weighted by molar-refractivity contribution is 0.415. The van der Waals surface area contributed by atoms with Gasteiger partial charge in [0.1, 0.15) is 5.75 Å². The van der Waals surface area contributed by atoms with Crippen molar-refractivity contribution in [2.75, 3.05) is 12.5 Å². The maximum atomic E-state index is 6.36. The summed E-state index contributed by atoms with van der Waals surface area (Å²) >= 11 is 6.36. The van der Waals surface area contributed by atoms with Gasteiger partial charge in [0.2, 0.25) is 0 Å². The standard InChI is InChI=1S/C23H19ClN4O/c1-15(16-11-13-17(29-2)14-12-16)27-28-23-19-8-4-6-10-21(19)25-22(26-23)18-7-3-5-9-20(18)24/h3-14H,1-2H3,(H,25,26,28)/b27-15-. The molecule has 1 aromatic heterocycles. The quantitative estimate of drug-likeness (QED) is 0.339. The second kappa shape index (κ2) is 8.29. The molecule has 3 aromatic carbocycles. The molecule has 0 radical (unpaired) electrons. The number of fused-ring (bicyclic) bond motifs is 1. The van der Waals surface area contributed by atoms with Crippen molar-refractivity contribution in [3.63, 3.8) is 0 Å². The van der Waals surface area contributed by atoms with Gasteiger partial charge in [-0.3, -0.25) is 5.43 Å². The van der Waals surface area contributed by atoms with Crippen LogP contribution in [-0.2, 0) is 0 Å². The fourth-order valence-corrected chi connectivity index (χ4v) is 3.18. The molecule has 0 saturated carbocycles. The zero-order valence-corrected chi connectivity index (χ0v) is 16.8. The number of hydrogen-bond donors (Lipinski definition) is 1. The molecule has 4 rings (SSSR count). The number of ether oxygens (including phenoxy) is 1. The van der Waals surface area contributed by atoms with Gasteiger partial charge in [0, 0.05) is 10.9 Å². The van der Waals surface area contributed by atoms with Gasteiger partial charge < -0.3 is 4.74 Å². The van der Waals surface area contributed by atoms with Crippen molar-refractivity contribution in [1.82, 2.24) is 9.97 Å². The van der Waals surface area contributed by atoms with E-state index < -0.39 is 0 Å². The summed E-state index contributed by atoms with van der Waals surface area (Å²) in [7, 11) is 1.65. The number of nitrogens with one attached hydrogen (secondary N) is 1. The van der Waals surface area contributed by atoms with Crippen LogP contribution in [0.2, 0.25) is 5.02 Å². The lowest BCUT2D eigenvalue weighted by atomic mass is 10.1. The molecule has 1 heterocycles. The van der Waals surface area contributed by atoms with Crippen molar-refractivity contribution in [3.8, 4) is 17.1 Å². The third-order valence-electron chi connectivity index (χ3n) is 4.56. The highest BCUT2D eigenvalue weighted by molar-refractivity contribution is 6.33. The van der Waals surface area contributed by atoms with Crippen LogP contribution in [0.4, 0.5) is 5.82 Å². The van der Waals surface area contributed by atoms with E-state index in [0.717, 1.165) is 33.5 Å². The van der Waals surface area contributed by atoms with Gasteiger partial charge in [-0.05, 0) is 61.0 Å². The monoisotopic (exact) mass is 402 g/mol. The van der Waals surface area contributed by atoms with Crippen molar-refractivity contribution in [2.24, 2.45) is 5.10 Å². The van der Waals surface area contributed by atoms with Gasteiger partial charge in [0.25, 0.3) is 0 Å². The molecule has 144 valence electrons. The zero-order valence-electron chi connectivity index (χ0n) is 16.1. The fraction of sp³-hybridized carbons (Fsp3) is 0.0870. The summed E-state index contributed by atoms with van der Waals surface area (Å²) in [6.45, 7) is 1.94. The first-order valence-electron chi connectivity index (χ1n) is 9.12. The van der Waals surface area contributed by atoms with E-state index in [9.17, 15) is 0 Å². The Hall–Kier alpha value is -3.44. The maximum absolute atomic E-state index is 6.36. The van der Waals surface area contributed by atoms with Gasteiger partial charge in [-0.1, -0.05) is 35.9 Å². The van der Waals surface area contributed by atoms with E-state index in [1.807, 2.05) is 79.7 Å². The fourth-order valence-electron chi connectivity index (χ4n) is 2.96. The van der Waals surface area contributed by atoms with Crippen LogP contribution < -0.4 is 10.2 Å². The molecule has 5 nitrogen and oxygen atoms in total. The van der Waals surface area contributed by atoms with Crippen LogP contribution in [0.25, 0.3) is 22.3 Å². The Morgan fingerprint density at radius 3 is 2.41 bits per heavy atom. The number of halogens is 1. The second-order valence-corrected chi connectivity index (χ2v) is 6.84. The smallest absolute Gasteiger partial charge is 0.163 e. The number of para-hydroxylation sites is 1. The molecule has 0 amide bonds. The molecule has 0 unspecified atom stereocenters. The van der Waals surface area contributed by atoms with Crippen LogP contribution in [0.1, 0.15) is 12.5 Å². The first-order chi connectivity index (χ1) is 14.2. The average Bonchev–Trinajstić information content (AvgIpc) is 2.77. The Morgan fingerprint density at radius 2 is 1.66 bits per heavy atom. The van der Waals surface area contributed by atoms with Crippen LogP contribution >= 0.6 is 11.6 Å². The van der Waals surface area contributed by atoms with Gasteiger partial charge in [0.15, 0.2) is 11.6 Å². The van der Waals surface area contributed by atoms with E-state index in [2.05, 4.69) is 15.5 Å². The number of nitrogens with zero attached hydrogens (tertiary/aromatic N) is 3. The summed E-state index contributed by atoms with van der Waals surface area (Å²) in [5.41, 5.74) is 6.52. The molecule has 0 aliphatic heterocycles. The van der Waals surface area contributed by atoms with Crippen molar-refractivity contribution in [3.05, 3.63) is 83.4 Å². The minimum atomic E-state index is 0.550. The van der Waals surface area contributed by atoms with Gasteiger partial charge in [-0.25, -0.2) is 9.97 Å². The largest absolute Gasteiger partial charge is 0.497 e. The van der Waals surface area contributed by atoms with Crippen molar-refractivity contribution < 1.29 is 4.74 Å². The predicted octanol–water partition coefficient (Wildman–Crippen LogP) is 5.79. The van der Waals surface area contributed by atoms with Gasteiger partial charge in [-0.2, -0.15) is 5.10 Å². The normalized spacial score (nSPS) is 11.5. The molecule has 0 aliphatic carbocycles. The van der Waals surface area contributed by atoms with Crippen molar-refractivity contribution >= 4 is 34.0 Å². The van der Waals surface area contributed by atoms with Crippen LogP contribution in [0, 0.1) is 0 Å². The first-order valence-corrected chi connectivity index (χ1v) is 9.50. The van der Waals surface area contributed by atoms with E-state index in [0.29, 0.717) is 16.7 Å². The maximum Gasteiger partial charge on any atom is 0.163 e. The molecule has 0 spiro atoms. The molecule has 0 bridgehead atoms. The van der Waals surface area contributed by atoms with E-state index in [4.69, 9.17) is 21.3 Å². The second-order valence-electron chi connectivity index (χ2n) is 6.43. The number of aromatic nitrogens is 2. The van der Waals surface area contributed by atoms with Crippen LogP contribution in [0.3, 0.4) is 0 Å². The van der Waals surface area contributed by atoms with Crippen LogP contribution in [0.15, 0.2) is 77.9 Å². The highest BCUT2D eigenvalue weighted by Crippen LogP contribution is 2.29. The average molecular weight is 403 g/mol. The molecule has 4 aromatic rings. The van der Waals surface area contributed by atoms with Crippen molar-refractivity contribution in [1.29, 1.82) is 0 Å². The lowest BCUT2D eigenvalue weighted by Crippen LogP contribution is -2.03. The molecule has 0 atom stereocenters. The molecule has 6 heteroatoms. The van der Waals surface area contributed by atoms with Crippen molar-refractivity contribution in [2.45, 2.75) is 6.92 Å². The Bertz CT molecular complexity index is 1190. The summed E-state index contributed by atoms with van der Waals surface area (Å²) in [5.74, 6) is 1.98. The number of rotatable bonds is 5. The Morgan fingerprint density at radius 1 is 0.931 bits per heavy atom. The summed E-state index contributed by atoms with van der Waals surface area (Å²) in [4.78, 5) is 9.36. The highest BCUT2D eigenvalue weighted by Gasteiger charge is 2.11. The highest BCUT2D eigenvalue weighted by atomic mass is 35.5. The molecule has 1 N–H and O–H groups in total. The van der Waals surface area contributed by atoms with E-state index in [1.165, 1.54) is 0 Å². The lowest BCUT2D eigenvalue weighted by Gasteiger charge is -2.10. The first kappa shape index (κ1) is 18.9. The minimum absolute atomic E-state index is 0.550. The zero-order chi connectivity index (χ0) is 20.2. The number of hydrogen-bond acceptors (Lipinski definition) is 5. The Labute approximate surface area is 174 Å². The number of methoxy groups -OCH3 is 1. The molecule has 0 fully saturated rings. The van der Waals surface area contributed by atoms with E-state index >= 15 is 0 Å². The van der Waals surface area contributed by atoms with Gasteiger partial charge in [0.05, 0.1) is 23.4 Å². The third kappa shape index (κ3) is 4.05. The summed E-state index contributed by atoms with van der Waals surface area (Å²) in [6.07, 6.45) is 0. The number of hydrazone groups is 1. The summed E-state index contributed by atoms with van der Waals surface area (Å²) in [5, 5.41) is 6.02. The molecule has 0 saturated heterocycles. The van der Waals surface area contributed by atoms with E-state index in [1.54, 1.807) is 7.11 Å². The number of anilines is 1. The molecular formula is C23H19ClN4O. The molecule has 0 aliphatic rings. The topological polar surface area (TPSA) is 59.4 Å². The van der Waals surface area contributed by atoms with E-state index in [-0.39, 0.29) is 0 Å². The number of benzene rings is 3. The molecule has 29 heavy (non-hydrogen) atoms. The Kier molecular flexibility index (Phi) is 5.40. The van der Waals surface area contributed by atoms with Crippen LogP contribution in [-0.4, -0.2) is 22.8 Å². The summed E-state index contributed by atoms with van der Waals surface area (Å²) < 4.78 is 5.21. The summed E-state index contributed by atoms with van der Waals surface area (Å²) in [6, 6.07) is 23.1. The third-order valence-corrected chi connectivity index (χ3v) is 4.88. The van der Waals surface area contributed by atoms with Crippen LogP contribution in [0.5, 0.6) is 5.75 Å². The molecular weight excluding hydrogens is 384 g/mol. The SMILES string of the molecule is COc1ccc(/C(C)=N\Nc2nc(-c3ccccc3Cl)nc3ccccc23)cc1. The van der Waals surface area contributed by atoms with Gasteiger partial charge in [-0.15, -0.1) is 0 Å².